The maximum absolute atomic E-state index is 9.78. The van der Waals surface area contributed by atoms with E-state index in [1.807, 2.05) is 0 Å². The lowest BCUT2D eigenvalue weighted by Gasteiger charge is -2.17. The van der Waals surface area contributed by atoms with Crippen molar-refractivity contribution in [3.63, 3.8) is 0 Å². The second-order valence-electron chi connectivity index (χ2n) is 3.54. The molecule has 1 aromatic carbocycles. The molecule has 0 amide bonds. The first-order valence-electron chi connectivity index (χ1n) is 4.78. The Kier molecular flexibility index (Phi) is 4.57. The molecular formula is C11H15BrO3. The van der Waals surface area contributed by atoms with Gasteiger partial charge >= 0.3 is 0 Å². The minimum atomic E-state index is -0.901. The topological polar surface area (TPSA) is 60.7 Å². The highest BCUT2D eigenvalue weighted by atomic mass is 79.9. The molecule has 0 aliphatic carbocycles. The van der Waals surface area contributed by atoms with E-state index in [1.54, 1.807) is 19.1 Å². The first kappa shape index (κ1) is 12.5. The molecule has 3 nitrogen and oxygen atoms in total. The van der Waals surface area contributed by atoms with Crippen LogP contribution in [0.2, 0.25) is 0 Å². The molecule has 2 atom stereocenters. The Balaban J connectivity index is 2.81. The molecule has 0 saturated carbocycles. The molecule has 84 valence electrons. The van der Waals surface area contributed by atoms with Gasteiger partial charge in [-0.1, -0.05) is 22.0 Å². The van der Waals surface area contributed by atoms with E-state index in [0.29, 0.717) is 22.9 Å². The van der Waals surface area contributed by atoms with Crippen molar-refractivity contribution in [1.29, 1.82) is 0 Å². The molecular weight excluding hydrogens is 260 g/mol. The summed E-state index contributed by atoms with van der Waals surface area (Å²) >= 11 is 3.21. The Hall–Kier alpha value is -0.580. The van der Waals surface area contributed by atoms with Crippen LogP contribution in [0.15, 0.2) is 18.2 Å². The number of phenols is 1. The normalized spacial score (nSPS) is 14.9. The quantitative estimate of drug-likeness (QED) is 0.735. The van der Waals surface area contributed by atoms with Crippen molar-refractivity contribution >= 4 is 15.9 Å². The number of hydrogen-bond donors (Lipinski definition) is 3. The van der Waals surface area contributed by atoms with Crippen LogP contribution in [-0.2, 0) is 0 Å². The fourth-order valence-corrected chi connectivity index (χ4v) is 1.82. The van der Waals surface area contributed by atoms with Gasteiger partial charge in [-0.05, 0) is 36.6 Å². The number of aryl methyl sites for hydroxylation is 1. The van der Waals surface area contributed by atoms with Crippen LogP contribution < -0.4 is 0 Å². The molecule has 0 aromatic heterocycles. The molecule has 1 rings (SSSR count). The van der Waals surface area contributed by atoms with E-state index in [9.17, 15) is 15.3 Å². The number of aliphatic hydroxyl groups is 2. The first-order chi connectivity index (χ1) is 7.06. The summed E-state index contributed by atoms with van der Waals surface area (Å²) < 4.78 is 0. The second kappa shape index (κ2) is 5.49. The zero-order valence-electron chi connectivity index (χ0n) is 8.52. The van der Waals surface area contributed by atoms with Crippen LogP contribution in [0.3, 0.4) is 0 Å². The molecule has 0 fully saturated rings. The van der Waals surface area contributed by atoms with Gasteiger partial charge < -0.3 is 15.3 Å². The molecule has 0 aliphatic heterocycles. The van der Waals surface area contributed by atoms with Crippen LogP contribution in [0, 0.1) is 6.92 Å². The highest BCUT2D eigenvalue weighted by Crippen LogP contribution is 2.24. The number of aliphatic hydroxyl groups excluding tert-OH is 2. The third kappa shape index (κ3) is 3.19. The van der Waals surface area contributed by atoms with Gasteiger partial charge in [-0.25, -0.2) is 0 Å². The molecule has 2 unspecified atom stereocenters. The van der Waals surface area contributed by atoms with Crippen LogP contribution in [-0.4, -0.2) is 26.8 Å². The molecule has 0 heterocycles. The lowest BCUT2D eigenvalue weighted by atomic mass is 10.0. The number of aromatic hydroxyl groups is 1. The Morgan fingerprint density at radius 3 is 2.53 bits per heavy atom. The fraction of sp³-hybridized carbons (Fsp3) is 0.455. The van der Waals surface area contributed by atoms with Gasteiger partial charge in [0.05, 0.1) is 6.10 Å². The van der Waals surface area contributed by atoms with Crippen molar-refractivity contribution < 1.29 is 15.3 Å². The molecule has 0 saturated heterocycles. The average Bonchev–Trinajstić information content (AvgIpc) is 2.21. The summed E-state index contributed by atoms with van der Waals surface area (Å²) in [4.78, 5) is 0. The summed E-state index contributed by atoms with van der Waals surface area (Å²) in [5.41, 5.74) is 1.32. The van der Waals surface area contributed by atoms with Crippen molar-refractivity contribution in [1.82, 2.24) is 0 Å². The van der Waals surface area contributed by atoms with Crippen LogP contribution in [0.5, 0.6) is 5.75 Å². The maximum Gasteiger partial charge on any atom is 0.118 e. The number of halogens is 1. The molecule has 0 radical (unpaired) electrons. The smallest absolute Gasteiger partial charge is 0.118 e. The second-order valence-corrected chi connectivity index (χ2v) is 4.33. The summed E-state index contributed by atoms with van der Waals surface area (Å²) in [6, 6.07) is 4.82. The molecule has 15 heavy (non-hydrogen) atoms. The van der Waals surface area contributed by atoms with Gasteiger partial charge in [0.2, 0.25) is 0 Å². The SMILES string of the molecule is Cc1cc(C(O)C(O)CCBr)ccc1O. The lowest BCUT2D eigenvalue weighted by molar-refractivity contribution is 0.0173. The zero-order valence-corrected chi connectivity index (χ0v) is 10.1. The maximum atomic E-state index is 9.78. The van der Waals surface area contributed by atoms with Gasteiger partial charge in [0, 0.05) is 5.33 Å². The van der Waals surface area contributed by atoms with E-state index in [4.69, 9.17) is 0 Å². The third-order valence-electron chi connectivity index (χ3n) is 2.33. The van der Waals surface area contributed by atoms with Gasteiger partial charge in [-0.3, -0.25) is 0 Å². The van der Waals surface area contributed by atoms with Crippen LogP contribution in [0.25, 0.3) is 0 Å². The van der Waals surface area contributed by atoms with E-state index in [0.717, 1.165) is 0 Å². The summed E-state index contributed by atoms with van der Waals surface area (Å²) in [6.45, 7) is 1.75. The highest BCUT2D eigenvalue weighted by Gasteiger charge is 2.17. The van der Waals surface area contributed by atoms with Crippen LogP contribution in [0.1, 0.15) is 23.7 Å². The minimum Gasteiger partial charge on any atom is -0.508 e. The fourth-order valence-electron chi connectivity index (χ4n) is 1.35. The van der Waals surface area contributed by atoms with E-state index in [2.05, 4.69) is 15.9 Å². The Labute approximate surface area is 97.5 Å². The standard InChI is InChI=1S/C11H15BrO3/c1-7-6-8(2-3-9(7)13)11(15)10(14)4-5-12/h2-3,6,10-11,13-15H,4-5H2,1H3. The van der Waals surface area contributed by atoms with Gasteiger partial charge in [0.25, 0.3) is 0 Å². The van der Waals surface area contributed by atoms with E-state index in [-0.39, 0.29) is 5.75 Å². The molecule has 0 aliphatic rings. The van der Waals surface area contributed by atoms with Gasteiger partial charge in [0.15, 0.2) is 0 Å². The van der Waals surface area contributed by atoms with E-state index in [1.165, 1.54) is 6.07 Å². The molecule has 0 bridgehead atoms. The lowest BCUT2D eigenvalue weighted by Crippen LogP contribution is -2.18. The summed E-state index contributed by atoms with van der Waals surface area (Å²) in [6.07, 6.45) is -1.20. The van der Waals surface area contributed by atoms with E-state index < -0.39 is 12.2 Å². The molecule has 0 spiro atoms. The van der Waals surface area contributed by atoms with Crippen LogP contribution in [0.4, 0.5) is 0 Å². The largest absolute Gasteiger partial charge is 0.508 e. The summed E-state index contributed by atoms with van der Waals surface area (Å²) in [5.74, 6) is 0.195. The summed E-state index contributed by atoms with van der Waals surface area (Å²) in [5, 5.41) is 29.3. The zero-order chi connectivity index (χ0) is 11.4. The van der Waals surface area contributed by atoms with Gasteiger partial charge in [0.1, 0.15) is 11.9 Å². The Morgan fingerprint density at radius 2 is 2.00 bits per heavy atom. The molecule has 4 heteroatoms. The Morgan fingerprint density at radius 1 is 1.33 bits per heavy atom. The average molecular weight is 275 g/mol. The number of hydrogen-bond acceptors (Lipinski definition) is 3. The van der Waals surface area contributed by atoms with Crippen molar-refractivity contribution in [2.75, 3.05) is 5.33 Å². The number of phenolic OH excluding ortho intramolecular Hbond substituents is 1. The predicted molar refractivity (Wildman–Crippen MR) is 62.2 cm³/mol. The van der Waals surface area contributed by atoms with Gasteiger partial charge in [-0.15, -0.1) is 0 Å². The van der Waals surface area contributed by atoms with E-state index >= 15 is 0 Å². The molecule has 1 aromatic rings. The number of rotatable bonds is 4. The minimum absolute atomic E-state index is 0.195. The highest BCUT2D eigenvalue weighted by molar-refractivity contribution is 9.09. The number of alkyl halides is 1. The van der Waals surface area contributed by atoms with Crippen molar-refractivity contribution in [2.45, 2.75) is 25.6 Å². The summed E-state index contributed by atoms with van der Waals surface area (Å²) in [7, 11) is 0. The third-order valence-corrected chi connectivity index (χ3v) is 2.79. The first-order valence-corrected chi connectivity index (χ1v) is 5.90. The molecule has 3 N–H and O–H groups in total. The monoisotopic (exact) mass is 274 g/mol. The van der Waals surface area contributed by atoms with Crippen molar-refractivity contribution in [3.05, 3.63) is 29.3 Å². The van der Waals surface area contributed by atoms with Gasteiger partial charge in [-0.2, -0.15) is 0 Å². The van der Waals surface area contributed by atoms with Crippen LogP contribution >= 0.6 is 15.9 Å². The van der Waals surface area contributed by atoms with Crippen molar-refractivity contribution in [3.8, 4) is 5.75 Å². The van der Waals surface area contributed by atoms with Crippen molar-refractivity contribution in [2.24, 2.45) is 0 Å². The predicted octanol–water partition coefficient (Wildman–Crippen LogP) is 1.88. The Bertz CT molecular complexity index is 328. The number of benzene rings is 1.